The van der Waals surface area contributed by atoms with Crippen LogP contribution in [0.4, 0.5) is 0 Å². The Bertz CT molecular complexity index is 877. The van der Waals surface area contributed by atoms with Crippen LogP contribution in [0.15, 0.2) is 36.4 Å². The van der Waals surface area contributed by atoms with Crippen molar-refractivity contribution in [3.63, 3.8) is 0 Å². The Morgan fingerprint density at radius 2 is 1.82 bits per heavy atom. The van der Waals surface area contributed by atoms with E-state index >= 15 is 0 Å². The molecule has 0 fully saturated rings. The molecule has 0 aliphatic carbocycles. The molecule has 0 radical (unpaired) electrons. The van der Waals surface area contributed by atoms with Crippen molar-refractivity contribution in [1.82, 2.24) is 4.98 Å². The van der Waals surface area contributed by atoms with E-state index in [1.54, 1.807) is 0 Å². The lowest BCUT2D eigenvalue weighted by atomic mass is 9.99. The molecule has 0 bridgehead atoms. The fourth-order valence-electron chi connectivity index (χ4n) is 2.78. The molecular weight excluding hydrogens is 294 g/mol. The van der Waals surface area contributed by atoms with Gasteiger partial charge in [0.25, 0.3) is 0 Å². The van der Waals surface area contributed by atoms with E-state index < -0.39 is 0 Å². The lowest BCUT2D eigenvalue weighted by molar-refractivity contribution is 0.102. The molecule has 1 heterocycles. The molecule has 0 atom stereocenters. The summed E-state index contributed by atoms with van der Waals surface area (Å²) in [7, 11) is 0. The third-order valence-corrected chi connectivity index (χ3v) is 4.39. The number of Topliss-reactive ketones (excluding diaryl/α,β-unsaturated/α-hetero) is 1. The highest BCUT2D eigenvalue weighted by Gasteiger charge is 2.19. The van der Waals surface area contributed by atoms with Crippen LogP contribution in [0, 0.1) is 20.8 Å². The van der Waals surface area contributed by atoms with Crippen LogP contribution in [0.1, 0.15) is 27.0 Å². The summed E-state index contributed by atoms with van der Waals surface area (Å²) in [6.45, 7) is 6.18. The average Bonchev–Trinajstić information content (AvgIpc) is 2.87. The molecule has 0 saturated heterocycles. The number of nitrogens with one attached hydrogen (secondary N) is 1. The Hall–Kier alpha value is -2.06. The van der Waals surface area contributed by atoms with Crippen molar-refractivity contribution in [2.45, 2.75) is 20.8 Å². The van der Waals surface area contributed by atoms with E-state index in [1.807, 2.05) is 31.2 Å². The first-order valence-corrected chi connectivity index (χ1v) is 7.84. The van der Waals surface area contributed by atoms with Gasteiger partial charge in [-0.1, -0.05) is 23.8 Å². The summed E-state index contributed by atoms with van der Waals surface area (Å²) in [6, 6.07) is 12.3. The van der Waals surface area contributed by atoms with E-state index in [0.29, 0.717) is 5.56 Å². The largest absolute Gasteiger partial charge is 0.354 e. The number of carbonyl (C=O) groups excluding carboxylic acids is 1. The van der Waals surface area contributed by atoms with Gasteiger partial charge in [-0.2, -0.15) is 0 Å². The number of alkyl halides is 1. The number of halogens is 1. The Morgan fingerprint density at radius 1 is 1.05 bits per heavy atom. The fraction of sp³-hybridized carbons (Fsp3) is 0.211. The molecule has 0 aliphatic rings. The van der Waals surface area contributed by atoms with Crippen molar-refractivity contribution >= 4 is 28.3 Å². The molecule has 2 aromatic carbocycles. The summed E-state index contributed by atoms with van der Waals surface area (Å²) in [5.41, 5.74) is 7.10. The van der Waals surface area contributed by atoms with Gasteiger partial charge in [0.05, 0.1) is 17.1 Å². The van der Waals surface area contributed by atoms with Crippen LogP contribution in [0.25, 0.3) is 22.2 Å². The fourth-order valence-corrected chi connectivity index (χ4v) is 2.91. The Kier molecular flexibility index (Phi) is 3.79. The zero-order valence-electron chi connectivity index (χ0n) is 13.0. The smallest absolute Gasteiger partial charge is 0.180 e. The molecule has 0 saturated carbocycles. The minimum Gasteiger partial charge on any atom is -0.354 e. The molecule has 0 unspecified atom stereocenters. The second-order valence-electron chi connectivity index (χ2n) is 5.78. The lowest BCUT2D eigenvalue weighted by Crippen LogP contribution is -2.01. The monoisotopic (exact) mass is 311 g/mol. The first-order valence-electron chi connectivity index (χ1n) is 7.30. The first-order chi connectivity index (χ1) is 10.5. The van der Waals surface area contributed by atoms with Gasteiger partial charge in [-0.05, 0) is 55.7 Å². The second-order valence-corrected chi connectivity index (χ2v) is 6.05. The average molecular weight is 312 g/mol. The van der Waals surface area contributed by atoms with Gasteiger partial charge in [-0.15, -0.1) is 11.6 Å². The first kappa shape index (κ1) is 14.9. The number of aryl methyl sites for hydroxylation is 3. The summed E-state index contributed by atoms with van der Waals surface area (Å²) in [5, 5.41) is 0.943. The van der Waals surface area contributed by atoms with Crippen LogP contribution in [0.2, 0.25) is 0 Å². The number of carbonyl (C=O) groups is 1. The molecule has 1 N–H and O–H groups in total. The number of hydrogen-bond acceptors (Lipinski definition) is 1. The van der Waals surface area contributed by atoms with E-state index in [0.717, 1.165) is 27.7 Å². The predicted octanol–water partition coefficient (Wildman–Crippen LogP) is 5.18. The van der Waals surface area contributed by atoms with Crippen molar-refractivity contribution in [1.29, 1.82) is 0 Å². The van der Waals surface area contributed by atoms with Gasteiger partial charge in [-0.25, -0.2) is 0 Å². The van der Waals surface area contributed by atoms with Crippen LogP contribution < -0.4 is 0 Å². The van der Waals surface area contributed by atoms with Crippen molar-refractivity contribution < 1.29 is 4.79 Å². The number of H-pyrrole nitrogens is 1. The molecule has 22 heavy (non-hydrogen) atoms. The Balaban J connectivity index is 2.32. The predicted molar refractivity (Wildman–Crippen MR) is 93.0 cm³/mol. The van der Waals surface area contributed by atoms with E-state index in [1.165, 1.54) is 11.1 Å². The molecule has 1 aromatic heterocycles. The zero-order chi connectivity index (χ0) is 15.9. The summed E-state index contributed by atoms with van der Waals surface area (Å²) in [6.07, 6.45) is 0. The minimum absolute atomic E-state index is 0.0151. The zero-order valence-corrected chi connectivity index (χ0v) is 13.7. The summed E-state index contributed by atoms with van der Waals surface area (Å²) in [5.74, 6) is -0.0645. The van der Waals surface area contributed by atoms with Crippen LogP contribution in [0.3, 0.4) is 0 Å². The molecule has 0 spiro atoms. The summed E-state index contributed by atoms with van der Waals surface area (Å²) < 4.78 is 0. The number of aromatic nitrogens is 1. The summed E-state index contributed by atoms with van der Waals surface area (Å²) in [4.78, 5) is 15.8. The number of hydrogen-bond donors (Lipinski definition) is 1. The van der Waals surface area contributed by atoms with E-state index in [4.69, 9.17) is 11.6 Å². The number of benzene rings is 2. The third-order valence-electron chi connectivity index (χ3n) is 4.15. The van der Waals surface area contributed by atoms with Gasteiger partial charge < -0.3 is 4.98 Å². The van der Waals surface area contributed by atoms with Crippen LogP contribution in [0.5, 0.6) is 0 Å². The van der Waals surface area contributed by atoms with E-state index in [9.17, 15) is 4.79 Å². The standard InChI is InChI=1S/C19H18ClNO/c1-11-4-7-16-15(8-11)18(17(22)10-20)19(21-16)14-6-5-12(2)13(3)9-14/h4-9,21H,10H2,1-3H3. The molecular formula is C19H18ClNO. The number of ketones is 1. The van der Waals surface area contributed by atoms with Gasteiger partial charge >= 0.3 is 0 Å². The molecule has 0 amide bonds. The van der Waals surface area contributed by atoms with Crippen molar-refractivity contribution in [3.05, 3.63) is 58.7 Å². The molecule has 0 aliphatic heterocycles. The molecule has 112 valence electrons. The topological polar surface area (TPSA) is 32.9 Å². The number of fused-ring (bicyclic) bond motifs is 1. The van der Waals surface area contributed by atoms with Crippen molar-refractivity contribution in [3.8, 4) is 11.3 Å². The lowest BCUT2D eigenvalue weighted by Gasteiger charge is -2.06. The minimum atomic E-state index is -0.0493. The Morgan fingerprint density at radius 3 is 2.50 bits per heavy atom. The Labute approximate surface area is 135 Å². The quantitative estimate of drug-likeness (QED) is 0.524. The number of rotatable bonds is 3. The molecule has 3 rings (SSSR count). The number of aromatic amines is 1. The summed E-state index contributed by atoms with van der Waals surface area (Å²) >= 11 is 5.84. The highest BCUT2D eigenvalue weighted by atomic mass is 35.5. The SMILES string of the molecule is Cc1ccc2[nH]c(-c3ccc(C)c(C)c3)c(C(=O)CCl)c2c1. The highest BCUT2D eigenvalue weighted by molar-refractivity contribution is 6.33. The van der Waals surface area contributed by atoms with Gasteiger partial charge in [-0.3, -0.25) is 4.79 Å². The van der Waals surface area contributed by atoms with E-state index in [-0.39, 0.29) is 11.7 Å². The normalized spacial score (nSPS) is 11.1. The third kappa shape index (κ3) is 2.44. The van der Waals surface area contributed by atoms with E-state index in [2.05, 4.69) is 31.0 Å². The highest BCUT2D eigenvalue weighted by Crippen LogP contribution is 2.32. The van der Waals surface area contributed by atoms with Gasteiger partial charge in [0.15, 0.2) is 5.78 Å². The molecule has 3 aromatic rings. The van der Waals surface area contributed by atoms with Crippen LogP contribution >= 0.6 is 11.6 Å². The van der Waals surface area contributed by atoms with Crippen molar-refractivity contribution in [2.75, 3.05) is 5.88 Å². The van der Waals surface area contributed by atoms with Gasteiger partial charge in [0, 0.05) is 10.9 Å². The van der Waals surface area contributed by atoms with Crippen molar-refractivity contribution in [2.24, 2.45) is 0 Å². The van der Waals surface area contributed by atoms with Gasteiger partial charge in [0.1, 0.15) is 0 Å². The maximum Gasteiger partial charge on any atom is 0.180 e. The maximum atomic E-state index is 12.4. The maximum absolute atomic E-state index is 12.4. The molecule has 3 heteroatoms. The van der Waals surface area contributed by atoms with Crippen LogP contribution in [-0.2, 0) is 0 Å². The van der Waals surface area contributed by atoms with Gasteiger partial charge in [0.2, 0.25) is 0 Å². The second kappa shape index (κ2) is 5.62. The van der Waals surface area contributed by atoms with Crippen LogP contribution in [-0.4, -0.2) is 16.6 Å². The molecule has 2 nitrogen and oxygen atoms in total.